The third kappa shape index (κ3) is 4.14. The highest BCUT2D eigenvalue weighted by Crippen LogP contribution is 2.19. The highest BCUT2D eigenvalue weighted by Gasteiger charge is 2.24. The zero-order valence-electron chi connectivity index (χ0n) is 11.6. The summed E-state index contributed by atoms with van der Waals surface area (Å²) < 4.78 is 0. The Morgan fingerprint density at radius 3 is 2.95 bits per heavy atom. The van der Waals surface area contributed by atoms with E-state index >= 15 is 0 Å². The van der Waals surface area contributed by atoms with Crippen molar-refractivity contribution >= 4 is 11.6 Å². The third-order valence-electron chi connectivity index (χ3n) is 3.60. The molecule has 1 aliphatic rings. The summed E-state index contributed by atoms with van der Waals surface area (Å²) >= 11 is 6.16. The van der Waals surface area contributed by atoms with Gasteiger partial charge in [0.25, 0.3) is 0 Å². The van der Waals surface area contributed by atoms with Gasteiger partial charge in [-0.25, -0.2) is 0 Å². The van der Waals surface area contributed by atoms with Crippen LogP contribution in [0.3, 0.4) is 0 Å². The molecular formula is C14H22ClN3O. The van der Waals surface area contributed by atoms with Crippen LogP contribution in [0.2, 0.25) is 5.02 Å². The largest absolute Gasteiger partial charge is 0.392 e. The molecule has 1 aliphatic heterocycles. The average molecular weight is 284 g/mol. The molecule has 0 spiro atoms. The van der Waals surface area contributed by atoms with Gasteiger partial charge in [0.1, 0.15) is 0 Å². The molecule has 1 N–H and O–H groups in total. The minimum atomic E-state index is -0.256. The molecule has 1 fully saturated rings. The van der Waals surface area contributed by atoms with Crippen LogP contribution in [0.4, 0.5) is 0 Å². The third-order valence-corrected chi connectivity index (χ3v) is 3.94. The Morgan fingerprint density at radius 1 is 1.53 bits per heavy atom. The molecule has 19 heavy (non-hydrogen) atoms. The standard InChI is InChI=1S/C14H22ClN3O/c1-11-8-17(9-12(2)19)5-6-18(11)10-13-3-4-16-7-14(13)15/h3-4,7,11-12,19H,5-6,8-10H2,1-2H3. The van der Waals surface area contributed by atoms with Gasteiger partial charge in [0.05, 0.1) is 11.1 Å². The SMILES string of the molecule is CC(O)CN1CCN(Cc2ccncc2Cl)C(C)C1. The number of hydrogen-bond donors (Lipinski definition) is 1. The van der Waals surface area contributed by atoms with E-state index in [9.17, 15) is 5.11 Å². The van der Waals surface area contributed by atoms with Crippen molar-refractivity contribution in [3.63, 3.8) is 0 Å². The molecule has 1 saturated heterocycles. The van der Waals surface area contributed by atoms with Crippen molar-refractivity contribution < 1.29 is 5.11 Å². The number of aromatic nitrogens is 1. The van der Waals surface area contributed by atoms with E-state index in [2.05, 4.69) is 21.7 Å². The fourth-order valence-electron chi connectivity index (χ4n) is 2.60. The van der Waals surface area contributed by atoms with Gasteiger partial charge >= 0.3 is 0 Å². The van der Waals surface area contributed by atoms with Crippen LogP contribution in [-0.4, -0.2) is 58.2 Å². The van der Waals surface area contributed by atoms with Gasteiger partial charge in [-0.1, -0.05) is 11.6 Å². The number of piperazine rings is 1. The van der Waals surface area contributed by atoms with Crippen LogP contribution in [-0.2, 0) is 6.54 Å². The molecule has 0 radical (unpaired) electrons. The van der Waals surface area contributed by atoms with Crippen LogP contribution in [0.5, 0.6) is 0 Å². The first kappa shape index (κ1) is 14.7. The number of hydrogen-bond acceptors (Lipinski definition) is 4. The van der Waals surface area contributed by atoms with Gasteiger partial charge in [0, 0.05) is 51.2 Å². The number of pyridine rings is 1. The van der Waals surface area contributed by atoms with E-state index in [1.807, 2.05) is 13.0 Å². The number of nitrogens with zero attached hydrogens (tertiary/aromatic N) is 3. The topological polar surface area (TPSA) is 39.6 Å². The van der Waals surface area contributed by atoms with E-state index in [0.29, 0.717) is 6.04 Å². The van der Waals surface area contributed by atoms with Crippen LogP contribution in [0.15, 0.2) is 18.5 Å². The summed E-state index contributed by atoms with van der Waals surface area (Å²) in [7, 11) is 0. The van der Waals surface area contributed by atoms with Gasteiger partial charge in [-0.05, 0) is 25.5 Å². The maximum absolute atomic E-state index is 9.45. The summed E-state index contributed by atoms with van der Waals surface area (Å²) in [5, 5.41) is 10.2. The van der Waals surface area contributed by atoms with Gasteiger partial charge < -0.3 is 5.11 Å². The smallest absolute Gasteiger partial charge is 0.0639 e. The Kier molecular flexibility index (Phi) is 5.16. The van der Waals surface area contributed by atoms with Crippen LogP contribution < -0.4 is 0 Å². The highest BCUT2D eigenvalue weighted by molar-refractivity contribution is 6.31. The van der Waals surface area contributed by atoms with E-state index in [1.54, 1.807) is 12.4 Å². The molecule has 4 nitrogen and oxygen atoms in total. The Balaban J connectivity index is 1.92. The van der Waals surface area contributed by atoms with E-state index in [1.165, 1.54) is 0 Å². The molecule has 0 aromatic carbocycles. The lowest BCUT2D eigenvalue weighted by atomic mass is 10.1. The second-order valence-electron chi connectivity index (χ2n) is 5.40. The first-order valence-electron chi connectivity index (χ1n) is 6.79. The Hall–Kier alpha value is -0.680. The summed E-state index contributed by atoms with van der Waals surface area (Å²) in [5.74, 6) is 0. The number of aliphatic hydroxyl groups is 1. The van der Waals surface area contributed by atoms with Crippen molar-refractivity contribution in [2.45, 2.75) is 32.5 Å². The van der Waals surface area contributed by atoms with Crippen molar-refractivity contribution in [3.8, 4) is 0 Å². The van der Waals surface area contributed by atoms with Crippen LogP contribution >= 0.6 is 11.6 Å². The Labute approximate surface area is 120 Å². The van der Waals surface area contributed by atoms with Crippen molar-refractivity contribution in [2.24, 2.45) is 0 Å². The monoisotopic (exact) mass is 283 g/mol. The molecule has 2 heterocycles. The van der Waals surface area contributed by atoms with Crippen LogP contribution in [0.25, 0.3) is 0 Å². The predicted molar refractivity (Wildman–Crippen MR) is 77.2 cm³/mol. The number of rotatable bonds is 4. The molecule has 0 amide bonds. The molecule has 1 aromatic rings. The Morgan fingerprint density at radius 2 is 2.32 bits per heavy atom. The zero-order valence-corrected chi connectivity index (χ0v) is 12.3. The van der Waals surface area contributed by atoms with Gasteiger partial charge in [-0.15, -0.1) is 0 Å². The molecule has 2 unspecified atom stereocenters. The summed E-state index contributed by atoms with van der Waals surface area (Å²) in [6, 6.07) is 2.45. The zero-order chi connectivity index (χ0) is 13.8. The molecule has 0 bridgehead atoms. The van der Waals surface area contributed by atoms with Crippen molar-refractivity contribution in [1.29, 1.82) is 0 Å². The van der Waals surface area contributed by atoms with Crippen molar-refractivity contribution in [2.75, 3.05) is 26.2 Å². The van der Waals surface area contributed by atoms with E-state index in [4.69, 9.17) is 11.6 Å². The average Bonchev–Trinajstić information content (AvgIpc) is 2.34. The molecular weight excluding hydrogens is 262 g/mol. The van der Waals surface area contributed by atoms with E-state index < -0.39 is 0 Å². The van der Waals surface area contributed by atoms with Gasteiger partial charge in [-0.2, -0.15) is 0 Å². The van der Waals surface area contributed by atoms with Crippen molar-refractivity contribution in [1.82, 2.24) is 14.8 Å². The minimum absolute atomic E-state index is 0.256. The maximum Gasteiger partial charge on any atom is 0.0639 e. The van der Waals surface area contributed by atoms with Crippen LogP contribution in [0, 0.1) is 0 Å². The lowest BCUT2D eigenvalue weighted by molar-refractivity contribution is 0.0472. The van der Waals surface area contributed by atoms with E-state index in [0.717, 1.165) is 43.3 Å². The molecule has 5 heteroatoms. The molecule has 0 saturated carbocycles. The summed E-state index contributed by atoms with van der Waals surface area (Å²) in [5.41, 5.74) is 1.13. The molecule has 2 atom stereocenters. The maximum atomic E-state index is 9.45. The second-order valence-corrected chi connectivity index (χ2v) is 5.80. The fraction of sp³-hybridized carbons (Fsp3) is 0.643. The second kappa shape index (κ2) is 6.66. The predicted octanol–water partition coefficient (Wildman–Crippen LogP) is 1.62. The lowest BCUT2D eigenvalue weighted by Crippen LogP contribution is -2.52. The molecule has 2 rings (SSSR count). The first-order valence-corrected chi connectivity index (χ1v) is 7.17. The van der Waals surface area contributed by atoms with Gasteiger partial charge in [0.15, 0.2) is 0 Å². The van der Waals surface area contributed by atoms with Gasteiger partial charge in [0.2, 0.25) is 0 Å². The van der Waals surface area contributed by atoms with Crippen LogP contribution in [0.1, 0.15) is 19.4 Å². The quantitative estimate of drug-likeness (QED) is 0.912. The van der Waals surface area contributed by atoms with Gasteiger partial charge in [-0.3, -0.25) is 14.8 Å². The van der Waals surface area contributed by atoms with Crippen molar-refractivity contribution in [3.05, 3.63) is 29.0 Å². The normalized spacial score (nSPS) is 23.5. The summed E-state index contributed by atoms with van der Waals surface area (Å²) in [4.78, 5) is 8.77. The number of halogens is 1. The molecule has 1 aromatic heterocycles. The molecule has 106 valence electrons. The van der Waals surface area contributed by atoms with E-state index in [-0.39, 0.29) is 6.10 Å². The molecule has 0 aliphatic carbocycles. The highest BCUT2D eigenvalue weighted by atomic mass is 35.5. The minimum Gasteiger partial charge on any atom is -0.392 e. The fourth-order valence-corrected chi connectivity index (χ4v) is 2.78. The first-order chi connectivity index (χ1) is 9.06. The summed E-state index contributed by atoms with van der Waals surface area (Å²) in [6.07, 6.45) is 3.23. The Bertz CT molecular complexity index is 413. The summed E-state index contributed by atoms with van der Waals surface area (Å²) in [6.45, 7) is 8.69. The lowest BCUT2D eigenvalue weighted by Gasteiger charge is -2.40. The number of aliphatic hydroxyl groups excluding tert-OH is 1. The number of β-amino-alcohol motifs (C(OH)–C–C–N with tert-alkyl or cyclic N) is 1.